The maximum absolute atomic E-state index is 12.2. The third-order valence-corrected chi connectivity index (χ3v) is 5.41. The predicted molar refractivity (Wildman–Crippen MR) is 81.2 cm³/mol. The van der Waals surface area contributed by atoms with Gasteiger partial charge in [0.05, 0.1) is 21.5 Å². The quantitative estimate of drug-likeness (QED) is 0.815. The third-order valence-electron chi connectivity index (χ3n) is 3.27. The van der Waals surface area contributed by atoms with E-state index >= 15 is 0 Å². The number of hydrogen-bond donors (Lipinski definition) is 2. The Hall–Kier alpha value is -1.64. The first-order valence-corrected chi connectivity index (χ1v) is 8.33. The Morgan fingerprint density at radius 1 is 1.41 bits per heavy atom. The molecule has 1 aromatic rings. The van der Waals surface area contributed by atoms with Crippen molar-refractivity contribution in [3.05, 3.63) is 28.8 Å². The second kappa shape index (κ2) is 6.23. The Balaban J connectivity index is 2.27. The number of sulfonamides is 1. The van der Waals surface area contributed by atoms with E-state index in [1.165, 1.54) is 32.3 Å². The molecular formula is C13H16ClN3O4S. The van der Waals surface area contributed by atoms with Crippen LogP contribution in [0.5, 0.6) is 0 Å². The smallest absolute Gasteiger partial charge is 0.253 e. The summed E-state index contributed by atoms with van der Waals surface area (Å²) in [7, 11) is -0.853. The van der Waals surface area contributed by atoms with E-state index in [9.17, 15) is 18.0 Å². The molecule has 0 aromatic heterocycles. The second-order valence-corrected chi connectivity index (χ2v) is 7.67. The average molecular weight is 346 g/mol. The van der Waals surface area contributed by atoms with Crippen molar-refractivity contribution in [1.82, 2.24) is 14.9 Å². The number of rotatable bonds is 4. The van der Waals surface area contributed by atoms with Crippen molar-refractivity contribution >= 4 is 33.4 Å². The van der Waals surface area contributed by atoms with Crippen molar-refractivity contribution in [2.45, 2.75) is 17.4 Å². The van der Waals surface area contributed by atoms with E-state index in [4.69, 9.17) is 11.6 Å². The summed E-state index contributed by atoms with van der Waals surface area (Å²) < 4.78 is 25.3. The van der Waals surface area contributed by atoms with Gasteiger partial charge < -0.3 is 10.6 Å². The molecule has 2 N–H and O–H groups in total. The number of carbonyl (C=O) groups is 2. The normalized spacial score (nSPS) is 18.4. The zero-order valence-electron chi connectivity index (χ0n) is 12.1. The Labute approximate surface area is 133 Å². The minimum atomic E-state index is -3.66. The molecule has 0 radical (unpaired) electrons. The number of carbonyl (C=O) groups excluding carboxylic acids is 2. The molecule has 0 aliphatic carbocycles. The van der Waals surface area contributed by atoms with E-state index in [0.29, 0.717) is 6.54 Å². The fourth-order valence-electron chi connectivity index (χ4n) is 2.02. The fraction of sp³-hybridized carbons (Fsp3) is 0.385. The zero-order valence-corrected chi connectivity index (χ0v) is 13.7. The van der Waals surface area contributed by atoms with Crippen LogP contribution in [0.2, 0.25) is 5.02 Å². The van der Waals surface area contributed by atoms with Gasteiger partial charge in [0, 0.05) is 27.1 Å². The lowest BCUT2D eigenvalue weighted by Crippen LogP contribution is -2.36. The van der Waals surface area contributed by atoms with Crippen LogP contribution >= 0.6 is 11.6 Å². The maximum Gasteiger partial charge on any atom is 0.253 e. The van der Waals surface area contributed by atoms with Gasteiger partial charge in [0.1, 0.15) is 0 Å². The van der Waals surface area contributed by atoms with Gasteiger partial charge in [-0.05, 0) is 18.2 Å². The van der Waals surface area contributed by atoms with E-state index in [1.54, 1.807) is 0 Å². The number of nitrogens with zero attached hydrogens (tertiary/aromatic N) is 1. The van der Waals surface area contributed by atoms with E-state index in [-0.39, 0.29) is 33.9 Å². The lowest BCUT2D eigenvalue weighted by molar-refractivity contribution is -0.119. The number of hydrogen-bond acceptors (Lipinski definition) is 4. The molecule has 0 bridgehead atoms. The second-order valence-electron chi connectivity index (χ2n) is 5.11. The van der Waals surface area contributed by atoms with Gasteiger partial charge in [-0.25, -0.2) is 12.7 Å². The van der Waals surface area contributed by atoms with Crippen molar-refractivity contribution in [1.29, 1.82) is 0 Å². The van der Waals surface area contributed by atoms with Crippen LogP contribution in [0, 0.1) is 0 Å². The molecule has 1 saturated heterocycles. The summed E-state index contributed by atoms with van der Waals surface area (Å²) in [5, 5.41) is 5.41. The van der Waals surface area contributed by atoms with Gasteiger partial charge in [0.25, 0.3) is 5.91 Å². The third kappa shape index (κ3) is 3.40. The van der Waals surface area contributed by atoms with Crippen molar-refractivity contribution in [2.24, 2.45) is 0 Å². The highest BCUT2D eigenvalue weighted by Gasteiger charge is 2.25. The first-order valence-electron chi connectivity index (χ1n) is 6.51. The highest BCUT2D eigenvalue weighted by atomic mass is 35.5. The van der Waals surface area contributed by atoms with Crippen LogP contribution in [0.1, 0.15) is 16.8 Å². The van der Waals surface area contributed by atoms with E-state index in [0.717, 1.165) is 4.31 Å². The molecule has 1 aromatic carbocycles. The number of halogens is 1. The van der Waals surface area contributed by atoms with E-state index < -0.39 is 15.9 Å². The molecule has 9 heteroatoms. The molecule has 22 heavy (non-hydrogen) atoms. The molecule has 1 fully saturated rings. The van der Waals surface area contributed by atoms with Crippen LogP contribution in [0.15, 0.2) is 23.1 Å². The van der Waals surface area contributed by atoms with Gasteiger partial charge >= 0.3 is 0 Å². The van der Waals surface area contributed by atoms with Crippen LogP contribution in [0.25, 0.3) is 0 Å². The molecule has 1 aliphatic heterocycles. The summed E-state index contributed by atoms with van der Waals surface area (Å²) in [4.78, 5) is 23.3. The van der Waals surface area contributed by atoms with Crippen molar-refractivity contribution in [2.75, 3.05) is 20.6 Å². The fourth-order valence-corrected chi connectivity index (χ4v) is 3.15. The van der Waals surface area contributed by atoms with Crippen LogP contribution < -0.4 is 10.6 Å². The highest BCUT2D eigenvalue weighted by Crippen LogP contribution is 2.22. The van der Waals surface area contributed by atoms with Gasteiger partial charge in [0.2, 0.25) is 15.9 Å². The molecule has 120 valence electrons. The minimum Gasteiger partial charge on any atom is -0.354 e. The number of amides is 2. The molecule has 1 aliphatic rings. The Morgan fingerprint density at radius 3 is 2.64 bits per heavy atom. The van der Waals surface area contributed by atoms with Gasteiger partial charge in [-0.2, -0.15) is 0 Å². The summed E-state index contributed by atoms with van der Waals surface area (Å²) in [5.74, 6) is -0.650. The lowest BCUT2D eigenvalue weighted by atomic mass is 10.2. The minimum absolute atomic E-state index is 0.0207. The van der Waals surface area contributed by atoms with Gasteiger partial charge in [-0.1, -0.05) is 11.6 Å². The zero-order chi connectivity index (χ0) is 16.5. The van der Waals surface area contributed by atoms with Crippen LogP contribution in [0.4, 0.5) is 0 Å². The highest BCUT2D eigenvalue weighted by molar-refractivity contribution is 7.89. The summed E-state index contributed by atoms with van der Waals surface area (Å²) >= 11 is 5.98. The topological polar surface area (TPSA) is 95.6 Å². The largest absolute Gasteiger partial charge is 0.354 e. The predicted octanol–water partition coefficient (Wildman–Crippen LogP) is 0.209. The number of benzene rings is 1. The van der Waals surface area contributed by atoms with Gasteiger partial charge in [-0.15, -0.1) is 0 Å². The van der Waals surface area contributed by atoms with Crippen LogP contribution in [-0.2, 0) is 14.8 Å². The summed E-state index contributed by atoms with van der Waals surface area (Å²) in [5.41, 5.74) is 0.0592. The van der Waals surface area contributed by atoms with Crippen LogP contribution in [-0.4, -0.2) is 51.2 Å². The molecule has 1 unspecified atom stereocenters. The standard InChI is InChI=1S/C13H16ClN3O4S/c1-17(2)22(20,21)9-3-4-11(14)10(6-9)13(19)16-8-5-12(18)15-7-8/h3-4,6,8H,5,7H2,1-2H3,(H,15,18)(H,16,19). The Morgan fingerprint density at radius 2 is 2.09 bits per heavy atom. The monoisotopic (exact) mass is 345 g/mol. The molecule has 2 amide bonds. The Bertz CT molecular complexity index is 718. The molecule has 0 spiro atoms. The first kappa shape index (κ1) is 16.7. The molecule has 7 nitrogen and oxygen atoms in total. The van der Waals surface area contributed by atoms with Gasteiger partial charge in [-0.3, -0.25) is 9.59 Å². The van der Waals surface area contributed by atoms with Crippen molar-refractivity contribution in [3.8, 4) is 0 Å². The van der Waals surface area contributed by atoms with Gasteiger partial charge in [0.15, 0.2) is 0 Å². The maximum atomic E-state index is 12.2. The lowest BCUT2D eigenvalue weighted by Gasteiger charge is -2.14. The van der Waals surface area contributed by atoms with Crippen molar-refractivity contribution < 1.29 is 18.0 Å². The molecular weight excluding hydrogens is 330 g/mol. The van der Waals surface area contributed by atoms with Crippen molar-refractivity contribution in [3.63, 3.8) is 0 Å². The summed E-state index contributed by atoms with van der Waals surface area (Å²) in [6.45, 7) is 0.345. The molecule has 0 saturated carbocycles. The van der Waals surface area contributed by atoms with E-state index in [2.05, 4.69) is 10.6 Å². The SMILES string of the molecule is CN(C)S(=O)(=O)c1ccc(Cl)c(C(=O)NC2CNC(=O)C2)c1. The summed E-state index contributed by atoms with van der Waals surface area (Å²) in [6.07, 6.45) is 0.193. The average Bonchev–Trinajstić information content (AvgIpc) is 2.84. The molecule has 1 heterocycles. The van der Waals surface area contributed by atoms with Crippen LogP contribution in [0.3, 0.4) is 0 Å². The molecule has 1 atom stereocenters. The van der Waals surface area contributed by atoms with E-state index in [1.807, 2.05) is 0 Å². The molecule has 2 rings (SSSR count). The summed E-state index contributed by atoms with van der Waals surface area (Å²) in [6, 6.07) is 3.61. The number of nitrogens with one attached hydrogen (secondary N) is 2. The first-order chi connectivity index (χ1) is 10.2. The Kier molecular flexibility index (Phi) is 4.74.